The first-order valence-corrected chi connectivity index (χ1v) is 6.28. The van der Waals surface area contributed by atoms with Crippen molar-refractivity contribution < 1.29 is 13.2 Å². The van der Waals surface area contributed by atoms with Gasteiger partial charge in [-0.05, 0) is 0 Å². The highest BCUT2D eigenvalue weighted by molar-refractivity contribution is 7.87. The van der Waals surface area contributed by atoms with Crippen molar-refractivity contribution in [1.82, 2.24) is 9.03 Å². The van der Waals surface area contributed by atoms with Gasteiger partial charge >= 0.3 is 0 Å². The lowest BCUT2D eigenvalue weighted by molar-refractivity contribution is 0.0725. The van der Waals surface area contributed by atoms with E-state index in [4.69, 9.17) is 10.5 Å². The van der Waals surface area contributed by atoms with Gasteiger partial charge in [0.2, 0.25) is 0 Å². The van der Waals surface area contributed by atoms with Crippen molar-refractivity contribution >= 4 is 10.2 Å². The molecule has 0 aliphatic carbocycles. The third-order valence-electron chi connectivity index (χ3n) is 2.00. The van der Waals surface area contributed by atoms with Crippen molar-refractivity contribution in [2.75, 3.05) is 39.4 Å². The molecule has 88 valence electrons. The van der Waals surface area contributed by atoms with Gasteiger partial charge < -0.3 is 10.5 Å². The molecule has 7 heteroatoms. The van der Waals surface area contributed by atoms with E-state index in [0.29, 0.717) is 32.8 Å². The summed E-state index contributed by atoms with van der Waals surface area (Å²) in [5, 5.41) is 0. The standard InChI is InChI=1S/C8H17N3O3S/c9-3-1-2-4-10-15(12,13)11-5-7-14-8-6-11/h1-2,10H,3-9H2/b2-1+. The van der Waals surface area contributed by atoms with E-state index in [2.05, 4.69) is 4.72 Å². The van der Waals surface area contributed by atoms with Crippen LogP contribution >= 0.6 is 0 Å². The van der Waals surface area contributed by atoms with Crippen LogP contribution < -0.4 is 10.5 Å². The molecular weight excluding hydrogens is 218 g/mol. The quantitative estimate of drug-likeness (QED) is 0.578. The van der Waals surface area contributed by atoms with E-state index >= 15 is 0 Å². The molecule has 0 amide bonds. The molecule has 0 saturated carbocycles. The van der Waals surface area contributed by atoms with Gasteiger partial charge in [0.25, 0.3) is 10.2 Å². The molecule has 1 saturated heterocycles. The fourth-order valence-electron chi connectivity index (χ4n) is 1.21. The molecule has 15 heavy (non-hydrogen) atoms. The van der Waals surface area contributed by atoms with Crippen LogP contribution in [0.15, 0.2) is 12.2 Å². The van der Waals surface area contributed by atoms with Crippen molar-refractivity contribution in [2.24, 2.45) is 5.73 Å². The Hall–Kier alpha value is -0.470. The highest BCUT2D eigenvalue weighted by atomic mass is 32.2. The molecule has 1 aliphatic heterocycles. The summed E-state index contributed by atoms with van der Waals surface area (Å²) in [5.74, 6) is 0. The molecule has 0 aromatic heterocycles. The van der Waals surface area contributed by atoms with Gasteiger partial charge in [-0.25, -0.2) is 0 Å². The van der Waals surface area contributed by atoms with Gasteiger partial charge in [-0.2, -0.15) is 17.4 Å². The Morgan fingerprint density at radius 3 is 2.60 bits per heavy atom. The van der Waals surface area contributed by atoms with Crippen LogP contribution in [-0.4, -0.2) is 52.1 Å². The van der Waals surface area contributed by atoms with Crippen molar-refractivity contribution in [3.05, 3.63) is 12.2 Å². The Morgan fingerprint density at radius 1 is 1.33 bits per heavy atom. The van der Waals surface area contributed by atoms with Crippen molar-refractivity contribution in [3.8, 4) is 0 Å². The summed E-state index contributed by atoms with van der Waals surface area (Å²) in [6, 6.07) is 0. The third-order valence-corrected chi connectivity index (χ3v) is 3.57. The summed E-state index contributed by atoms with van der Waals surface area (Å²) in [7, 11) is -3.35. The van der Waals surface area contributed by atoms with E-state index in [9.17, 15) is 8.42 Å². The molecule has 1 heterocycles. The Labute approximate surface area is 90.3 Å². The molecule has 1 rings (SSSR count). The molecule has 0 spiro atoms. The number of hydrogen-bond acceptors (Lipinski definition) is 4. The monoisotopic (exact) mass is 235 g/mol. The molecule has 0 atom stereocenters. The lowest BCUT2D eigenvalue weighted by Crippen LogP contribution is -2.46. The fraction of sp³-hybridized carbons (Fsp3) is 0.750. The van der Waals surface area contributed by atoms with E-state index in [1.807, 2.05) is 0 Å². The highest BCUT2D eigenvalue weighted by Gasteiger charge is 2.22. The second-order valence-electron chi connectivity index (χ2n) is 3.07. The normalized spacial score (nSPS) is 19.8. The van der Waals surface area contributed by atoms with Crippen LogP contribution in [0.5, 0.6) is 0 Å². The molecule has 0 radical (unpaired) electrons. The lowest BCUT2D eigenvalue weighted by atomic mass is 10.5. The van der Waals surface area contributed by atoms with Crippen molar-refractivity contribution in [2.45, 2.75) is 0 Å². The minimum atomic E-state index is -3.35. The minimum absolute atomic E-state index is 0.275. The maximum Gasteiger partial charge on any atom is 0.279 e. The highest BCUT2D eigenvalue weighted by Crippen LogP contribution is 2.02. The summed E-state index contributed by atoms with van der Waals surface area (Å²) >= 11 is 0. The molecule has 0 bridgehead atoms. The molecule has 6 nitrogen and oxygen atoms in total. The second kappa shape index (κ2) is 6.19. The number of rotatable bonds is 5. The summed E-state index contributed by atoms with van der Waals surface area (Å²) in [5.41, 5.74) is 5.23. The van der Waals surface area contributed by atoms with Crippen LogP contribution in [-0.2, 0) is 14.9 Å². The first-order chi connectivity index (χ1) is 7.17. The van der Waals surface area contributed by atoms with E-state index in [1.54, 1.807) is 12.2 Å². The summed E-state index contributed by atoms with van der Waals surface area (Å²) in [4.78, 5) is 0. The number of ether oxygens (including phenoxy) is 1. The number of nitrogens with one attached hydrogen (secondary N) is 1. The van der Waals surface area contributed by atoms with E-state index in [1.165, 1.54) is 4.31 Å². The maximum atomic E-state index is 11.6. The fourth-order valence-corrected chi connectivity index (χ4v) is 2.33. The Balaban J connectivity index is 2.40. The van der Waals surface area contributed by atoms with Gasteiger partial charge in [-0.15, -0.1) is 0 Å². The van der Waals surface area contributed by atoms with Crippen molar-refractivity contribution in [3.63, 3.8) is 0 Å². The Bertz CT molecular complexity index is 296. The minimum Gasteiger partial charge on any atom is -0.379 e. The predicted octanol–water partition coefficient (Wildman–Crippen LogP) is -1.33. The van der Waals surface area contributed by atoms with Crippen LogP contribution in [0.25, 0.3) is 0 Å². The van der Waals surface area contributed by atoms with Crippen molar-refractivity contribution in [1.29, 1.82) is 0 Å². The summed E-state index contributed by atoms with van der Waals surface area (Å²) in [6.45, 7) is 2.43. The van der Waals surface area contributed by atoms with Crippen LogP contribution in [0, 0.1) is 0 Å². The third kappa shape index (κ3) is 4.27. The molecule has 1 aliphatic rings. The topological polar surface area (TPSA) is 84.7 Å². The molecule has 3 N–H and O–H groups in total. The van der Waals surface area contributed by atoms with Gasteiger partial charge in [0, 0.05) is 26.2 Å². The van der Waals surface area contributed by atoms with Gasteiger partial charge in [0.1, 0.15) is 0 Å². The van der Waals surface area contributed by atoms with Gasteiger partial charge in [0.15, 0.2) is 0 Å². The Morgan fingerprint density at radius 2 is 2.00 bits per heavy atom. The first kappa shape index (κ1) is 12.6. The predicted molar refractivity (Wildman–Crippen MR) is 57.5 cm³/mol. The average molecular weight is 235 g/mol. The second-order valence-corrected chi connectivity index (χ2v) is 4.83. The smallest absolute Gasteiger partial charge is 0.279 e. The average Bonchev–Trinajstić information content (AvgIpc) is 2.26. The largest absolute Gasteiger partial charge is 0.379 e. The lowest BCUT2D eigenvalue weighted by Gasteiger charge is -2.25. The van der Waals surface area contributed by atoms with Crippen LogP contribution in [0.3, 0.4) is 0 Å². The SMILES string of the molecule is NC/C=C/CNS(=O)(=O)N1CCOCC1. The first-order valence-electron chi connectivity index (χ1n) is 4.84. The number of morpholine rings is 1. The maximum absolute atomic E-state index is 11.6. The molecule has 1 fully saturated rings. The van der Waals surface area contributed by atoms with Crippen LogP contribution in [0.1, 0.15) is 0 Å². The number of nitrogens with two attached hydrogens (primary N) is 1. The van der Waals surface area contributed by atoms with Gasteiger partial charge in [-0.3, -0.25) is 0 Å². The zero-order valence-electron chi connectivity index (χ0n) is 8.55. The van der Waals surface area contributed by atoms with Crippen LogP contribution in [0.4, 0.5) is 0 Å². The van der Waals surface area contributed by atoms with E-state index in [0.717, 1.165) is 0 Å². The number of hydrogen-bond donors (Lipinski definition) is 2. The summed E-state index contributed by atoms with van der Waals surface area (Å²) in [6.07, 6.45) is 3.40. The van der Waals surface area contributed by atoms with Gasteiger partial charge in [0.05, 0.1) is 13.2 Å². The molecule has 0 aromatic rings. The zero-order valence-corrected chi connectivity index (χ0v) is 9.37. The summed E-state index contributed by atoms with van der Waals surface area (Å²) < 4.78 is 32.2. The molecule has 0 unspecified atom stereocenters. The zero-order chi connectivity index (χ0) is 11.1. The Kier molecular flexibility index (Phi) is 5.20. The van der Waals surface area contributed by atoms with Crippen LogP contribution in [0.2, 0.25) is 0 Å². The van der Waals surface area contributed by atoms with E-state index < -0.39 is 10.2 Å². The van der Waals surface area contributed by atoms with E-state index in [-0.39, 0.29) is 6.54 Å². The number of nitrogens with zero attached hydrogens (tertiary/aromatic N) is 1. The van der Waals surface area contributed by atoms with Gasteiger partial charge in [-0.1, -0.05) is 12.2 Å². The molecular formula is C8H17N3O3S. The molecule has 0 aromatic carbocycles.